The molecule has 0 spiro atoms. The smallest absolute Gasteiger partial charge is 0.286 e. The van der Waals surface area contributed by atoms with Crippen LogP contribution in [0.3, 0.4) is 0 Å². The van der Waals surface area contributed by atoms with E-state index in [0.29, 0.717) is 38.8 Å². The summed E-state index contributed by atoms with van der Waals surface area (Å²) in [5, 5.41) is 24.5. The van der Waals surface area contributed by atoms with E-state index in [0.717, 1.165) is 28.5 Å². The predicted octanol–water partition coefficient (Wildman–Crippen LogP) is 5.81. The minimum Gasteiger partial charge on any atom is -0.427 e. The highest BCUT2D eigenvalue weighted by Gasteiger charge is 2.39. The third-order valence-electron chi connectivity index (χ3n) is 6.46. The Labute approximate surface area is 264 Å². The molecule has 2 bridgehead atoms. The third-order valence-corrected chi connectivity index (χ3v) is 6.46. The van der Waals surface area contributed by atoms with Crippen LogP contribution in [0.4, 0.5) is 0 Å². The van der Waals surface area contributed by atoms with Gasteiger partial charge in [-0.1, -0.05) is 61.0 Å². The van der Waals surface area contributed by atoms with E-state index in [2.05, 4.69) is 24.5 Å². The highest BCUT2D eigenvalue weighted by molar-refractivity contribution is 5.34. The Kier molecular flexibility index (Phi) is 25.0. The molecule has 0 heterocycles. The molecule has 0 aliphatic heterocycles. The van der Waals surface area contributed by atoms with Gasteiger partial charge in [0.05, 0.1) is 6.54 Å². The van der Waals surface area contributed by atoms with Crippen molar-refractivity contribution >= 4 is 18.2 Å². The van der Waals surface area contributed by atoms with E-state index in [1.807, 2.05) is 54.6 Å². The minimum absolute atomic E-state index is 0.245. The molecule has 0 amide bonds. The second-order valence-electron chi connectivity index (χ2n) is 9.44. The summed E-state index contributed by atoms with van der Waals surface area (Å²) in [4.78, 5) is 37.9. The standard InChI is InChI=1S/C10H8N2O2.C9H13NO.C8H7NO.2C3H5NO/c11-7-14-6-10-3-1-2-9(4-10)5-12-8-13;10-6-11-5-9-4-7-1-2-8(9)3-7;9-7-10-6-8-4-2-1-3-5-8;2*1-2-4-3-5/h1-4H,5-6H2;7-9H,1-5H2;1-5H,6H2;2*2H2,1H3. The molecule has 2 aromatic carbocycles. The Morgan fingerprint density at radius 1 is 0.689 bits per heavy atom. The minimum atomic E-state index is 0.245. The fourth-order valence-electron chi connectivity index (χ4n) is 4.60. The van der Waals surface area contributed by atoms with Crippen LogP contribution in [0.25, 0.3) is 0 Å². The number of nitriles is 3. The van der Waals surface area contributed by atoms with Crippen LogP contribution in [0.5, 0.6) is 0 Å². The zero-order chi connectivity index (χ0) is 33.4. The second kappa shape index (κ2) is 28.6. The van der Waals surface area contributed by atoms with Gasteiger partial charge in [-0.05, 0) is 67.6 Å². The summed E-state index contributed by atoms with van der Waals surface area (Å²) in [7, 11) is 0. The first kappa shape index (κ1) is 39.5. The fourth-order valence-corrected chi connectivity index (χ4v) is 4.60. The Morgan fingerprint density at radius 3 is 1.71 bits per heavy atom. The number of hydrogen-bond donors (Lipinski definition) is 0. The Balaban J connectivity index is 0.000000568. The molecule has 3 atom stereocenters. The summed E-state index contributed by atoms with van der Waals surface area (Å²) < 4.78 is 13.9. The van der Waals surface area contributed by atoms with Gasteiger partial charge in [-0.3, -0.25) is 0 Å². The maximum absolute atomic E-state index is 9.88. The summed E-state index contributed by atoms with van der Waals surface area (Å²) in [5.74, 6) is 2.55. The van der Waals surface area contributed by atoms with Gasteiger partial charge in [-0.2, -0.15) is 15.8 Å². The van der Waals surface area contributed by atoms with E-state index < -0.39 is 0 Å². The Hall–Kier alpha value is -5.55. The quantitative estimate of drug-likeness (QED) is 0.181. The van der Waals surface area contributed by atoms with Crippen LogP contribution in [-0.2, 0) is 48.4 Å². The van der Waals surface area contributed by atoms with Crippen LogP contribution in [0, 0.1) is 52.3 Å². The number of isocyanates is 3. The zero-order valence-corrected chi connectivity index (χ0v) is 25.6. The van der Waals surface area contributed by atoms with Gasteiger partial charge >= 0.3 is 0 Å². The largest absolute Gasteiger partial charge is 0.427 e. The summed E-state index contributed by atoms with van der Waals surface area (Å²) in [5.41, 5.74) is 2.79. The zero-order valence-electron chi connectivity index (χ0n) is 25.6. The Bertz CT molecular complexity index is 1330. The van der Waals surface area contributed by atoms with Gasteiger partial charge in [0, 0.05) is 13.1 Å². The normalized spacial score (nSPS) is 15.7. The van der Waals surface area contributed by atoms with Gasteiger partial charge in [0.2, 0.25) is 18.2 Å². The molecule has 2 fully saturated rings. The SMILES string of the molecule is CCN=C=O.CCN=C=O.N#COCC1CC2CCC1C2.N#COCc1cccc(CN=C=O)c1.N#COCc1ccccc1. The van der Waals surface area contributed by atoms with Crippen LogP contribution < -0.4 is 0 Å². The van der Waals surface area contributed by atoms with Crippen LogP contribution >= 0.6 is 0 Å². The maximum atomic E-state index is 9.88. The first-order valence-electron chi connectivity index (χ1n) is 14.3. The van der Waals surface area contributed by atoms with Crippen molar-refractivity contribution in [1.82, 2.24) is 0 Å². The number of aliphatic imine (C=N–C) groups is 3. The van der Waals surface area contributed by atoms with Crippen molar-refractivity contribution in [1.29, 1.82) is 15.8 Å². The molecule has 2 saturated carbocycles. The lowest BCUT2D eigenvalue weighted by molar-refractivity contribution is 0.167. The molecule has 3 unspecified atom stereocenters. The molecule has 2 aliphatic rings. The molecule has 0 aromatic heterocycles. The maximum Gasteiger partial charge on any atom is 0.286 e. The van der Waals surface area contributed by atoms with E-state index in [4.69, 9.17) is 30.1 Å². The lowest BCUT2D eigenvalue weighted by atomic mass is 9.90. The van der Waals surface area contributed by atoms with E-state index >= 15 is 0 Å². The number of benzene rings is 2. The summed E-state index contributed by atoms with van der Waals surface area (Å²) in [6, 6.07) is 16.9. The summed E-state index contributed by atoms with van der Waals surface area (Å²) >= 11 is 0. The number of fused-ring (bicyclic) bond motifs is 2. The van der Waals surface area contributed by atoms with E-state index in [-0.39, 0.29) is 6.61 Å². The van der Waals surface area contributed by atoms with Crippen LogP contribution in [0.1, 0.15) is 56.2 Å². The van der Waals surface area contributed by atoms with Crippen molar-refractivity contribution < 1.29 is 28.6 Å². The van der Waals surface area contributed by atoms with Gasteiger partial charge < -0.3 is 14.2 Å². The first-order valence-corrected chi connectivity index (χ1v) is 14.3. The van der Waals surface area contributed by atoms with Gasteiger partial charge in [0.1, 0.15) is 19.8 Å². The number of rotatable bonds is 10. The highest BCUT2D eigenvalue weighted by atomic mass is 16.5. The number of nitrogens with zero attached hydrogens (tertiary/aromatic N) is 6. The van der Waals surface area contributed by atoms with Crippen LogP contribution in [0.15, 0.2) is 69.6 Å². The number of ether oxygens (including phenoxy) is 3. The number of hydrogen-bond acceptors (Lipinski definition) is 12. The first-order chi connectivity index (χ1) is 22.0. The van der Waals surface area contributed by atoms with Crippen molar-refractivity contribution in [3.63, 3.8) is 0 Å². The molecule has 2 aromatic rings. The van der Waals surface area contributed by atoms with Crippen molar-refractivity contribution in [2.75, 3.05) is 19.7 Å². The van der Waals surface area contributed by atoms with E-state index in [1.54, 1.807) is 32.6 Å². The summed E-state index contributed by atoms with van der Waals surface area (Å²) in [6.07, 6.45) is 14.7. The van der Waals surface area contributed by atoms with E-state index in [9.17, 15) is 4.79 Å². The lowest BCUT2D eigenvalue weighted by Gasteiger charge is -2.19. The van der Waals surface area contributed by atoms with Crippen molar-refractivity contribution in [2.24, 2.45) is 32.7 Å². The average molecular weight is 615 g/mol. The third kappa shape index (κ3) is 20.9. The monoisotopic (exact) mass is 614 g/mol. The topological polar surface area (TPSA) is 187 Å². The molecular weight excluding hydrogens is 576 g/mol. The van der Waals surface area contributed by atoms with Crippen LogP contribution in [-0.4, -0.2) is 37.9 Å². The average Bonchev–Trinajstić information content (AvgIpc) is 3.71. The molecular formula is C33H38N6O6. The molecule has 12 heteroatoms. The molecule has 45 heavy (non-hydrogen) atoms. The number of carbonyl (C=O) groups excluding carboxylic acids is 3. The van der Waals surface area contributed by atoms with Crippen molar-refractivity contribution in [3.05, 3.63) is 71.3 Å². The van der Waals surface area contributed by atoms with Gasteiger partial charge in [0.15, 0.2) is 0 Å². The molecule has 12 nitrogen and oxygen atoms in total. The molecule has 4 rings (SSSR count). The van der Waals surface area contributed by atoms with E-state index in [1.165, 1.54) is 43.9 Å². The summed E-state index contributed by atoms with van der Waals surface area (Å²) in [6.45, 7) is 6.26. The predicted molar refractivity (Wildman–Crippen MR) is 163 cm³/mol. The fraction of sp³-hybridized carbons (Fsp3) is 0.455. The molecule has 0 saturated heterocycles. The Morgan fingerprint density at radius 2 is 1.24 bits per heavy atom. The van der Waals surface area contributed by atoms with Gasteiger partial charge in [-0.25, -0.2) is 29.4 Å². The lowest BCUT2D eigenvalue weighted by Crippen LogP contribution is -2.15. The highest BCUT2D eigenvalue weighted by Crippen LogP contribution is 2.48. The second-order valence-corrected chi connectivity index (χ2v) is 9.44. The molecule has 0 N–H and O–H groups in total. The van der Waals surface area contributed by atoms with Crippen molar-refractivity contribution in [3.8, 4) is 18.8 Å². The van der Waals surface area contributed by atoms with Gasteiger partial charge in [0.25, 0.3) is 18.8 Å². The van der Waals surface area contributed by atoms with Gasteiger partial charge in [-0.15, -0.1) is 0 Å². The van der Waals surface area contributed by atoms with Crippen molar-refractivity contribution in [2.45, 2.75) is 59.3 Å². The van der Waals surface area contributed by atoms with Crippen LogP contribution in [0.2, 0.25) is 0 Å². The molecule has 0 radical (unpaired) electrons. The molecule has 2 aliphatic carbocycles. The molecule has 236 valence electrons.